The highest BCUT2D eigenvalue weighted by molar-refractivity contribution is 7.98. The van der Waals surface area contributed by atoms with Crippen LogP contribution in [0.4, 0.5) is 5.69 Å². The molecule has 0 spiro atoms. The zero-order valence-electron chi connectivity index (χ0n) is 22.9. The number of nitrogens with zero attached hydrogens (tertiary/aromatic N) is 3. The molecule has 0 aliphatic heterocycles. The van der Waals surface area contributed by atoms with E-state index in [9.17, 15) is 22.8 Å². The number of benzene rings is 2. The number of carboxylic acid groups (broad SMARTS) is 1. The number of thiazole rings is 1. The first-order valence-corrected chi connectivity index (χ1v) is 16.1. The van der Waals surface area contributed by atoms with Crippen molar-refractivity contribution in [2.75, 3.05) is 5.32 Å². The van der Waals surface area contributed by atoms with E-state index in [1.807, 2.05) is 41.1 Å². The van der Waals surface area contributed by atoms with Gasteiger partial charge in [-0.1, -0.05) is 23.9 Å². The summed E-state index contributed by atoms with van der Waals surface area (Å²) in [6.07, 6.45) is -1.10. The Balaban J connectivity index is 1.63. The number of hydrogen-bond acceptors (Lipinski definition) is 10. The number of rotatable bonds is 14. The third-order valence-corrected chi connectivity index (χ3v) is 9.18. The van der Waals surface area contributed by atoms with Crippen molar-refractivity contribution in [2.45, 2.75) is 61.7 Å². The van der Waals surface area contributed by atoms with Crippen LogP contribution in [0.3, 0.4) is 0 Å². The molecule has 0 radical (unpaired) electrons. The topological polar surface area (TPSA) is 170 Å². The molecule has 0 aliphatic carbocycles. The number of ether oxygens (including phenoxy) is 1. The van der Waals surface area contributed by atoms with Crippen molar-refractivity contribution in [2.24, 2.45) is 0 Å². The summed E-state index contributed by atoms with van der Waals surface area (Å²) in [6, 6.07) is 10.1. The van der Waals surface area contributed by atoms with Crippen molar-refractivity contribution >= 4 is 68.0 Å². The van der Waals surface area contributed by atoms with Gasteiger partial charge in [0.15, 0.2) is 5.16 Å². The molecule has 3 N–H and O–H groups in total. The Morgan fingerprint density at radius 3 is 2.64 bits per heavy atom. The van der Waals surface area contributed by atoms with Crippen LogP contribution in [0, 0.1) is 6.92 Å². The molecule has 0 saturated heterocycles. The fourth-order valence-electron chi connectivity index (χ4n) is 4.14. The monoisotopic (exact) mass is 631 g/mol. The molecule has 2 heterocycles. The van der Waals surface area contributed by atoms with Gasteiger partial charge in [0.05, 0.1) is 40.7 Å². The van der Waals surface area contributed by atoms with Gasteiger partial charge in [0, 0.05) is 29.8 Å². The maximum absolute atomic E-state index is 13.2. The fourth-order valence-corrected chi connectivity index (χ4v) is 7.05. The standard InChI is InChI=1S/C27H29N5O7S3/c1-16(12-32-23-7-5-4-6-22(23)30-27(32)41-15-21-14-40-18(3)29-21)39-24-10-19(28-17(2)34)8-9-25(24)42(37,38)31-20(13-33)11-26(35)36/h4-10,13-14,16,20,31H,11-12,15H2,1-3H3,(H,28,34)(H,35,36)/t16-,20?/m1/s1. The second-order valence-electron chi connectivity index (χ2n) is 9.37. The number of carbonyl (C=O) groups excluding carboxylic acids is 2. The number of aldehydes is 1. The molecule has 2 aromatic carbocycles. The molecule has 0 fully saturated rings. The second-order valence-corrected chi connectivity index (χ2v) is 13.1. The molecule has 0 saturated carbocycles. The molecule has 1 unspecified atom stereocenters. The molecule has 1 amide bonds. The third kappa shape index (κ3) is 7.94. The normalized spacial score (nSPS) is 13.0. The molecule has 0 aliphatic rings. The molecule has 222 valence electrons. The van der Waals surface area contributed by atoms with Gasteiger partial charge in [-0.05, 0) is 38.1 Å². The van der Waals surface area contributed by atoms with Crippen molar-refractivity contribution < 1.29 is 32.6 Å². The van der Waals surface area contributed by atoms with E-state index in [4.69, 9.17) is 14.8 Å². The Kier molecular flexibility index (Phi) is 9.98. The van der Waals surface area contributed by atoms with Crippen LogP contribution < -0.4 is 14.8 Å². The zero-order valence-corrected chi connectivity index (χ0v) is 25.4. The van der Waals surface area contributed by atoms with Crippen LogP contribution >= 0.6 is 23.1 Å². The van der Waals surface area contributed by atoms with Gasteiger partial charge in [0.25, 0.3) is 0 Å². The number of anilines is 1. The van der Waals surface area contributed by atoms with E-state index in [2.05, 4.69) is 15.0 Å². The van der Waals surface area contributed by atoms with Gasteiger partial charge in [-0.2, -0.15) is 0 Å². The Hall–Kier alpha value is -3.79. The first kappa shape index (κ1) is 31.2. The van der Waals surface area contributed by atoms with Gasteiger partial charge < -0.3 is 24.5 Å². The van der Waals surface area contributed by atoms with Crippen LogP contribution in [0.15, 0.2) is 57.9 Å². The number of thioether (sulfide) groups is 1. The average Bonchev–Trinajstić information content (AvgIpc) is 3.49. The van der Waals surface area contributed by atoms with E-state index in [0.717, 1.165) is 26.9 Å². The second kappa shape index (κ2) is 13.5. The molecular weight excluding hydrogens is 603 g/mol. The van der Waals surface area contributed by atoms with Gasteiger partial charge in [0.2, 0.25) is 15.9 Å². The first-order valence-electron chi connectivity index (χ1n) is 12.7. The van der Waals surface area contributed by atoms with Crippen molar-refractivity contribution in [3.8, 4) is 5.75 Å². The van der Waals surface area contributed by atoms with Crippen LogP contribution in [-0.2, 0) is 36.7 Å². The summed E-state index contributed by atoms with van der Waals surface area (Å²) < 4.78 is 36.7. The number of aromatic nitrogens is 3. The lowest BCUT2D eigenvalue weighted by Gasteiger charge is -2.21. The molecule has 15 heteroatoms. The number of aliphatic carboxylic acids is 1. The van der Waals surface area contributed by atoms with Crippen molar-refractivity contribution in [1.29, 1.82) is 0 Å². The SMILES string of the molecule is CC(=O)Nc1ccc(S(=O)(=O)NC(C=O)CC(=O)O)c(O[C@H](C)Cn2c(SCc3csc(C)n3)nc3ccccc32)c1. The number of imidazole rings is 1. The van der Waals surface area contributed by atoms with Crippen LogP contribution in [0.2, 0.25) is 0 Å². The maximum atomic E-state index is 13.2. The minimum Gasteiger partial charge on any atom is -0.487 e. The van der Waals surface area contributed by atoms with E-state index < -0.39 is 34.6 Å². The zero-order chi connectivity index (χ0) is 30.4. The van der Waals surface area contributed by atoms with E-state index in [0.29, 0.717) is 18.0 Å². The number of carboxylic acids is 1. The van der Waals surface area contributed by atoms with Crippen LogP contribution in [0.5, 0.6) is 5.75 Å². The first-order chi connectivity index (χ1) is 19.9. The Labute approximate surface area is 250 Å². The van der Waals surface area contributed by atoms with E-state index in [1.165, 1.54) is 36.9 Å². The quantitative estimate of drug-likeness (QED) is 0.137. The summed E-state index contributed by atoms with van der Waals surface area (Å²) in [6.45, 7) is 5.32. The predicted octanol–water partition coefficient (Wildman–Crippen LogP) is 3.84. The lowest BCUT2D eigenvalue weighted by molar-refractivity contribution is -0.138. The number of carbonyl (C=O) groups is 3. The van der Waals surface area contributed by atoms with E-state index in [1.54, 1.807) is 18.3 Å². The number of aryl methyl sites for hydroxylation is 1. The van der Waals surface area contributed by atoms with Crippen molar-refractivity contribution in [1.82, 2.24) is 19.3 Å². The summed E-state index contributed by atoms with van der Waals surface area (Å²) in [4.78, 5) is 43.1. The predicted molar refractivity (Wildman–Crippen MR) is 159 cm³/mol. The Morgan fingerprint density at radius 2 is 1.98 bits per heavy atom. The van der Waals surface area contributed by atoms with E-state index in [-0.39, 0.29) is 22.8 Å². The number of nitrogens with one attached hydrogen (secondary N) is 2. The molecule has 12 nitrogen and oxygen atoms in total. The van der Waals surface area contributed by atoms with Gasteiger partial charge in [-0.15, -0.1) is 11.3 Å². The molecule has 0 bridgehead atoms. The number of para-hydroxylation sites is 2. The lowest BCUT2D eigenvalue weighted by atomic mass is 10.2. The summed E-state index contributed by atoms with van der Waals surface area (Å²) >= 11 is 3.10. The Bertz CT molecular complexity index is 1720. The Morgan fingerprint density at radius 1 is 1.21 bits per heavy atom. The molecule has 4 aromatic rings. The van der Waals surface area contributed by atoms with Gasteiger partial charge in [0.1, 0.15) is 23.0 Å². The van der Waals surface area contributed by atoms with Gasteiger partial charge >= 0.3 is 5.97 Å². The van der Waals surface area contributed by atoms with Crippen molar-refractivity contribution in [3.63, 3.8) is 0 Å². The number of amides is 1. The van der Waals surface area contributed by atoms with Gasteiger partial charge in [-0.3, -0.25) is 9.59 Å². The molecule has 2 aromatic heterocycles. The van der Waals surface area contributed by atoms with E-state index >= 15 is 0 Å². The highest BCUT2D eigenvalue weighted by Gasteiger charge is 2.27. The fraction of sp³-hybridized carbons (Fsp3) is 0.296. The summed E-state index contributed by atoms with van der Waals surface area (Å²) in [5, 5.41) is 15.3. The average molecular weight is 632 g/mol. The molecular formula is C27H29N5O7S3. The summed E-state index contributed by atoms with van der Waals surface area (Å²) in [5.41, 5.74) is 2.90. The van der Waals surface area contributed by atoms with Gasteiger partial charge in [-0.25, -0.2) is 23.1 Å². The summed E-state index contributed by atoms with van der Waals surface area (Å²) in [7, 11) is -4.39. The molecule has 42 heavy (non-hydrogen) atoms. The van der Waals surface area contributed by atoms with Crippen LogP contribution in [0.1, 0.15) is 31.0 Å². The lowest BCUT2D eigenvalue weighted by Crippen LogP contribution is -2.37. The minimum absolute atomic E-state index is 0.0854. The van der Waals surface area contributed by atoms with Crippen LogP contribution in [-0.4, -0.2) is 58.4 Å². The van der Waals surface area contributed by atoms with Crippen LogP contribution in [0.25, 0.3) is 11.0 Å². The number of hydrogen-bond donors (Lipinski definition) is 3. The molecule has 4 rings (SSSR count). The summed E-state index contributed by atoms with van der Waals surface area (Å²) in [5.74, 6) is -1.18. The smallest absolute Gasteiger partial charge is 0.305 e. The minimum atomic E-state index is -4.39. The van der Waals surface area contributed by atoms with Crippen molar-refractivity contribution in [3.05, 3.63) is 58.5 Å². The highest BCUT2D eigenvalue weighted by atomic mass is 32.2. The third-order valence-electron chi connectivity index (χ3n) is 5.82. The molecule has 2 atom stereocenters. The number of fused-ring (bicyclic) bond motifs is 1. The largest absolute Gasteiger partial charge is 0.487 e. The highest BCUT2D eigenvalue weighted by Crippen LogP contribution is 2.31. The maximum Gasteiger partial charge on any atom is 0.305 e. The number of sulfonamides is 1.